The molecule has 2 aliphatic rings. The van der Waals surface area contributed by atoms with Crippen LogP contribution in [0, 0.1) is 0 Å². The fourth-order valence-electron chi connectivity index (χ4n) is 3.25. The molecule has 2 fully saturated rings. The van der Waals surface area contributed by atoms with Crippen LogP contribution in [0.5, 0.6) is 0 Å². The highest BCUT2D eigenvalue weighted by atomic mass is 32.2. The summed E-state index contributed by atoms with van der Waals surface area (Å²) in [6, 6.07) is 3.94. The van der Waals surface area contributed by atoms with Crippen molar-refractivity contribution in [1.29, 1.82) is 0 Å². The summed E-state index contributed by atoms with van der Waals surface area (Å²) in [7, 11) is -3.26. The minimum absolute atomic E-state index is 0.0230. The molecule has 0 bridgehead atoms. The van der Waals surface area contributed by atoms with Crippen molar-refractivity contribution >= 4 is 27.3 Å². The lowest BCUT2D eigenvalue weighted by molar-refractivity contribution is -0.135. The van der Waals surface area contributed by atoms with Gasteiger partial charge < -0.3 is 10.2 Å². The van der Waals surface area contributed by atoms with E-state index in [4.69, 9.17) is 0 Å². The third-order valence-electron chi connectivity index (χ3n) is 4.51. The summed E-state index contributed by atoms with van der Waals surface area (Å²) in [5, 5.41) is 5.03. The predicted molar refractivity (Wildman–Crippen MR) is 91.0 cm³/mol. The van der Waals surface area contributed by atoms with Crippen LogP contribution in [0.2, 0.25) is 0 Å². The Morgan fingerprint density at radius 2 is 2.22 bits per heavy atom. The average molecular weight is 358 g/mol. The summed E-state index contributed by atoms with van der Waals surface area (Å²) in [5.41, 5.74) is 0. The van der Waals surface area contributed by atoms with Crippen LogP contribution in [-0.4, -0.2) is 68.0 Å². The summed E-state index contributed by atoms with van der Waals surface area (Å²) >= 11 is 1.59. The Kier molecular flexibility index (Phi) is 5.35. The number of nitrogens with zero attached hydrogens (tertiary/aromatic N) is 2. The largest absolute Gasteiger partial charge is 0.336 e. The fraction of sp³-hybridized carbons (Fsp3) is 0.667. The molecule has 128 valence electrons. The van der Waals surface area contributed by atoms with Gasteiger partial charge in [0.15, 0.2) is 0 Å². The maximum absolute atomic E-state index is 12.6. The molecule has 1 N–H and O–H groups in total. The highest BCUT2D eigenvalue weighted by molar-refractivity contribution is 7.89. The van der Waals surface area contributed by atoms with Gasteiger partial charge in [-0.2, -0.15) is 4.31 Å². The number of hydrogen-bond donors (Lipinski definition) is 1. The van der Waals surface area contributed by atoms with Crippen molar-refractivity contribution in [3.63, 3.8) is 0 Å². The van der Waals surface area contributed by atoms with Crippen LogP contribution in [0.3, 0.4) is 0 Å². The SMILES string of the molecule is O=C1CNCCN1C1CCCN(S(=O)(=O)CCc2cccs2)C1. The maximum Gasteiger partial charge on any atom is 0.236 e. The van der Waals surface area contributed by atoms with Crippen LogP contribution in [-0.2, 0) is 21.2 Å². The first-order valence-electron chi connectivity index (χ1n) is 8.07. The van der Waals surface area contributed by atoms with E-state index < -0.39 is 10.0 Å². The maximum atomic E-state index is 12.6. The first kappa shape index (κ1) is 16.9. The van der Waals surface area contributed by atoms with Crippen LogP contribution in [0.1, 0.15) is 17.7 Å². The fourth-order valence-corrected chi connectivity index (χ4v) is 5.63. The van der Waals surface area contributed by atoms with Crippen molar-refractivity contribution in [2.45, 2.75) is 25.3 Å². The number of aryl methyl sites for hydroxylation is 1. The molecule has 0 saturated carbocycles. The Morgan fingerprint density at radius 3 is 2.96 bits per heavy atom. The van der Waals surface area contributed by atoms with Crippen LogP contribution in [0.25, 0.3) is 0 Å². The molecule has 2 aliphatic heterocycles. The molecule has 0 radical (unpaired) electrons. The molecule has 23 heavy (non-hydrogen) atoms. The molecule has 1 aromatic heterocycles. The number of amides is 1. The highest BCUT2D eigenvalue weighted by Crippen LogP contribution is 2.20. The van der Waals surface area contributed by atoms with Crippen LogP contribution < -0.4 is 5.32 Å². The zero-order valence-corrected chi connectivity index (χ0v) is 14.7. The van der Waals surface area contributed by atoms with Crippen LogP contribution in [0.4, 0.5) is 0 Å². The van der Waals surface area contributed by atoms with E-state index >= 15 is 0 Å². The van der Waals surface area contributed by atoms with E-state index in [1.54, 1.807) is 15.6 Å². The Labute approximate surface area is 141 Å². The lowest BCUT2D eigenvalue weighted by atomic mass is 10.1. The van der Waals surface area contributed by atoms with Crippen LogP contribution >= 0.6 is 11.3 Å². The van der Waals surface area contributed by atoms with E-state index in [1.807, 2.05) is 22.4 Å². The molecule has 6 nitrogen and oxygen atoms in total. The summed E-state index contributed by atoms with van der Waals surface area (Å²) in [6.07, 6.45) is 2.27. The molecule has 1 aromatic rings. The number of piperidine rings is 1. The molecular formula is C15H23N3O3S2. The van der Waals surface area contributed by atoms with Gasteiger partial charge in [-0.25, -0.2) is 8.42 Å². The van der Waals surface area contributed by atoms with Gasteiger partial charge in [0, 0.05) is 37.1 Å². The lowest BCUT2D eigenvalue weighted by Gasteiger charge is -2.40. The van der Waals surface area contributed by atoms with Crippen molar-refractivity contribution in [2.24, 2.45) is 0 Å². The highest BCUT2D eigenvalue weighted by Gasteiger charge is 2.34. The third kappa shape index (κ3) is 4.12. The van der Waals surface area contributed by atoms with Crippen LogP contribution in [0.15, 0.2) is 17.5 Å². The third-order valence-corrected chi connectivity index (χ3v) is 7.28. The molecule has 3 rings (SSSR count). The molecule has 8 heteroatoms. The second kappa shape index (κ2) is 7.29. The van der Waals surface area contributed by atoms with Gasteiger partial charge in [-0.3, -0.25) is 4.79 Å². The molecule has 0 spiro atoms. The molecule has 1 amide bonds. The number of rotatable bonds is 5. The van der Waals surface area contributed by atoms with E-state index in [0.717, 1.165) is 24.3 Å². The van der Waals surface area contributed by atoms with Crippen molar-refractivity contribution in [2.75, 3.05) is 38.5 Å². The van der Waals surface area contributed by atoms with Gasteiger partial charge in [-0.05, 0) is 30.7 Å². The van der Waals surface area contributed by atoms with Gasteiger partial charge in [-0.1, -0.05) is 6.07 Å². The van der Waals surface area contributed by atoms with E-state index in [9.17, 15) is 13.2 Å². The van der Waals surface area contributed by atoms with E-state index in [0.29, 0.717) is 32.6 Å². The van der Waals surface area contributed by atoms with E-state index in [-0.39, 0.29) is 17.7 Å². The van der Waals surface area contributed by atoms with Crippen molar-refractivity contribution in [3.05, 3.63) is 22.4 Å². The summed E-state index contributed by atoms with van der Waals surface area (Å²) in [5.74, 6) is 0.231. The molecule has 1 atom stereocenters. The number of sulfonamides is 1. The van der Waals surface area contributed by atoms with E-state index in [2.05, 4.69) is 5.32 Å². The van der Waals surface area contributed by atoms with E-state index in [1.165, 1.54) is 0 Å². The van der Waals surface area contributed by atoms with Gasteiger partial charge in [-0.15, -0.1) is 11.3 Å². The Balaban J connectivity index is 1.61. The van der Waals surface area contributed by atoms with Gasteiger partial charge in [0.25, 0.3) is 0 Å². The topological polar surface area (TPSA) is 69.7 Å². The second-order valence-corrected chi connectivity index (χ2v) is 9.18. The zero-order chi connectivity index (χ0) is 16.3. The molecule has 0 aromatic carbocycles. The minimum Gasteiger partial charge on any atom is -0.336 e. The standard InChI is InChI=1S/C15H23N3O3S2/c19-15-11-16-6-8-18(15)13-3-1-7-17(12-13)23(20,21)10-5-14-4-2-9-22-14/h2,4,9,13,16H,1,3,5-8,10-12H2. The predicted octanol–water partition coefficient (Wildman–Crippen LogP) is 0.517. The second-order valence-electron chi connectivity index (χ2n) is 6.06. The zero-order valence-electron chi connectivity index (χ0n) is 13.1. The van der Waals surface area contributed by atoms with Gasteiger partial charge >= 0.3 is 0 Å². The summed E-state index contributed by atoms with van der Waals surface area (Å²) in [6.45, 7) is 2.84. The molecule has 3 heterocycles. The quantitative estimate of drug-likeness (QED) is 0.834. The Bertz CT molecular complexity index is 630. The van der Waals surface area contributed by atoms with Gasteiger partial charge in [0.1, 0.15) is 0 Å². The molecule has 1 unspecified atom stereocenters. The van der Waals surface area contributed by atoms with Gasteiger partial charge in [0.05, 0.1) is 12.3 Å². The van der Waals surface area contributed by atoms with Gasteiger partial charge in [0.2, 0.25) is 15.9 Å². The first-order chi connectivity index (χ1) is 11.1. The van der Waals surface area contributed by atoms with Crippen molar-refractivity contribution in [1.82, 2.24) is 14.5 Å². The first-order valence-corrected chi connectivity index (χ1v) is 10.6. The number of carbonyl (C=O) groups is 1. The number of carbonyl (C=O) groups excluding carboxylic acids is 1. The lowest BCUT2D eigenvalue weighted by Crippen LogP contribution is -2.57. The van der Waals surface area contributed by atoms with Crippen molar-refractivity contribution in [3.8, 4) is 0 Å². The molecular weight excluding hydrogens is 334 g/mol. The average Bonchev–Trinajstić information content (AvgIpc) is 3.07. The molecule has 2 saturated heterocycles. The van der Waals surface area contributed by atoms with Crippen molar-refractivity contribution < 1.29 is 13.2 Å². The number of nitrogens with one attached hydrogen (secondary N) is 1. The summed E-state index contributed by atoms with van der Waals surface area (Å²) in [4.78, 5) is 15.0. The monoisotopic (exact) mass is 357 g/mol. The normalized spacial score (nSPS) is 24.1. The minimum atomic E-state index is -3.26. The molecule has 0 aliphatic carbocycles. The number of piperazine rings is 1. The smallest absolute Gasteiger partial charge is 0.236 e. The number of thiophene rings is 1. The number of hydrogen-bond acceptors (Lipinski definition) is 5. The Hall–Kier alpha value is -0.960. The Morgan fingerprint density at radius 1 is 1.35 bits per heavy atom. The summed E-state index contributed by atoms with van der Waals surface area (Å²) < 4.78 is 26.8.